The summed E-state index contributed by atoms with van der Waals surface area (Å²) in [5.74, 6) is -1.78. The van der Waals surface area contributed by atoms with Gasteiger partial charge in [-0.1, -0.05) is 24.6 Å². The lowest BCUT2D eigenvalue weighted by atomic mass is 9.51. The van der Waals surface area contributed by atoms with Crippen molar-refractivity contribution in [3.8, 4) is 0 Å². The molecule has 0 radical (unpaired) electrons. The monoisotopic (exact) mass is 344 g/mol. The SMILES string of the molecule is CO[C@@]12OC[C@H]3C=CC[C@@](C)(C4=C(C1=O)[C@@H]1CCC(=O)[C@@H]1[C@H](O)C4)[C@H]32. The van der Waals surface area contributed by atoms with Crippen LogP contribution in [0.3, 0.4) is 0 Å². The van der Waals surface area contributed by atoms with Gasteiger partial charge in [0.05, 0.1) is 18.6 Å². The Morgan fingerprint density at radius 1 is 1.36 bits per heavy atom. The van der Waals surface area contributed by atoms with Gasteiger partial charge in [-0.2, -0.15) is 0 Å². The molecule has 25 heavy (non-hydrogen) atoms. The molecule has 0 bridgehead atoms. The van der Waals surface area contributed by atoms with Crippen molar-refractivity contribution in [3.63, 3.8) is 0 Å². The number of carbonyl (C=O) groups is 2. The zero-order valence-electron chi connectivity index (χ0n) is 14.7. The highest BCUT2D eigenvalue weighted by Gasteiger charge is 2.69. The molecule has 0 unspecified atom stereocenters. The largest absolute Gasteiger partial charge is 0.392 e. The Hall–Kier alpha value is -1.30. The van der Waals surface area contributed by atoms with Crippen LogP contribution in [0.25, 0.3) is 0 Å². The maximum Gasteiger partial charge on any atom is 0.237 e. The average molecular weight is 344 g/mol. The molecule has 0 spiro atoms. The molecule has 1 saturated heterocycles. The van der Waals surface area contributed by atoms with Crippen molar-refractivity contribution in [1.29, 1.82) is 0 Å². The van der Waals surface area contributed by atoms with Gasteiger partial charge < -0.3 is 14.6 Å². The van der Waals surface area contributed by atoms with Crippen LogP contribution in [-0.4, -0.2) is 42.3 Å². The van der Waals surface area contributed by atoms with Gasteiger partial charge >= 0.3 is 0 Å². The topological polar surface area (TPSA) is 72.8 Å². The highest BCUT2D eigenvalue weighted by Crippen LogP contribution is 2.64. The van der Waals surface area contributed by atoms with Gasteiger partial charge in [0.1, 0.15) is 5.78 Å². The first-order chi connectivity index (χ1) is 11.9. The normalized spacial score (nSPS) is 50.8. The summed E-state index contributed by atoms with van der Waals surface area (Å²) in [6, 6.07) is 0. The van der Waals surface area contributed by atoms with Crippen LogP contribution in [0.4, 0.5) is 0 Å². The Morgan fingerprint density at radius 3 is 2.92 bits per heavy atom. The first-order valence-electron chi connectivity index (χ1n) is 9.29. The zero-order chi connectivity index (χ0) is 17.6. The van der Waals surface area contributed by atoms with Crippen molar-refractivity contribution in [3.05, 3.63) is 23.3 Å². The summed E-state index contributed by atoms with van der Waals surface area (Å²) in [7, 11) is 1.56. The second-order valence-corrected chi connectivity index (χ2v) is 8.50. The molecule has 1 N–H and O–H groups in total. The van der Waals surface area contributed by atoms with Gasteiger partial charge in [0, 0.05) is 42.3 Å². The molecular formula is C20H24O5. The van der Waals surface area contributed by atoms with E-state index in [-0.39, 0.29) is 34.7 Å². The van der Waals surface area contributed by atoms with E-state index in [4.69, 9.17) is 9.47 Å². The van der Waals surface area contributed by atoms with Gasteiger partial charge in [0.2, 0.25) is 11.6 Å². The Morgan fingerprint density at radius 2 is 2.16 bits per heavy atom. The molecule has 1 heterocycles. The number of aliphatic hydroxyl groups is 1. The number of methoxy groups -OCH3 is 1. The van der Waals surface area contributed by atoms with Gasteiger partial charge in [0.15, 0.2) is 0 Å². The fourth-order valence-corrected chi connectivity index (χ4v) is 6.54. The van der Waals surface area contributed by atoms with Gasteiger partial charge in [-0.15, -0.1) is 0 Å². The van der Waals surface area contributed by atoms with Crippen molar-refractivity contribution >= 4 is 11.6 Å². The molecule has 7 atom stereocenters. The summed E-state index contributed by atoms with van der Waals surface area (Å²) in [5, 5.41) is 10.7. The first-order valence-corrected chi connectivity index (χ1v) is 9.29. The number of allylic oxidation sites excluding steroid dienone is 1. The molecule has 5 heteroatoms. The molecule has 5 nitrogen and oxygen atoms in total. The Labute approximate surface area is 147 Å². The fourth-order valence-electron chi connectivity index (χ4n) is 6.54. The number of hydrogen-bond donors (Lipinski definition) is 1. The summed E-state index contributed by atoms with van der Waals surface area (Å²) in [6.45, 7) is 2.66. The van der Waals surface area contributed by atoms with Gasteiger partial charge in [-0.3, -0.25) is 9.59 Å². The number of rotatable bonds is 1. The summed E-state index contributed by atoms with van der Waals surface area (Å²) in [5.41, 5.74) is 1.52. The van der Waals surface area contributed by atoms with Crippen LogP contribution in [0.2, 0.25) is 0 Å². The minimum Gasteiger partial charge on any atom is -0.392 e. The maximum absolute atomic E-state index is 13.6. The molecule has 1 saturated carbocycles. The van der Waals surface area contributed by atoms with E-state index >= 15 is 0 Å². The van der Waals surface area contributed by atoms with Crippen LogP contribution < -0.4 is 0 Å². The average Bonchev–Trinajstić information content (AvgIpc) is 3.17. The maximum atomic E-state index is 13.6. The summed E-state index contributed by atoms with van der Waals surface area (Å²) >= 11 is 0. The van der Waals surface area contributed by atoms with Crippen molar-refractivity contribution in [1.82, 2.24) is 0 Å². The number of ketones is 2. The second-order valence-electron chi connectivity index (χ2n) is 8.50. The third kappa shape index (κ3) is 1.70. The predicted octanol–water partition coefficient (Wildman–Crippen LogP) is 1.80. The van der Waals surface area contributed by atoms with Crippen LogP contribution in [0.15, 0.2) is 23.3 Å². The van der Waals surface area contributed by atoms with Gasteiger partial charge in [-0.05, 0) is 19.3 Å². The number of Topliss-reactive ketones (excluding diaryl/α,β-unsaturated/α-hetero) is 2. The molecule has 5 rings (SSSR count). The minimum atomic E-state index is -1.23. The standard InChI is InChI=1S/C20H24O5/c1-19-7-3-4-10-9-25-20(24-2,17(10)19)18(23)15-11-5-6-13(21)16(11)14(22)8-12(15)19/h3-4,10-11,14,16-17,22H,5-9H2,1-2H3/t10-,11+,14-,16-,17+,19+,20+/m1/s1. The molecule has 0 aromatic carbocycles. The molecule has 134 valence electrons. The summed E-state index contributed by atoms with van der Waals surface area (Å²) in [6.07, 6.45) is 5.96. The van der Waals surface area contributed by atoms with E-state index in [1.807, 2.05) is 0 Å². The van der Waals surface area contributed by atoms with Crippen molar-refractivity contribution in [2.45, 2.75) is 44.5 Å². The van der Waals surface area contributed by atoms with E-state index in [0.717, 1.165) is 17.6 Å². The Bertz CT molecular complexity index is 736. The van der Waals surface area contributed by atoms with E-state index in [0.29, 0.717) is 25.9 Å². The van der Waals surface area contributed by atoms with E-state index in [1.165, 1.54) is 0 Å². The molecule has 0 aromatic rings. The summed E-state index contributed by atoms with van der Waals surface area (Å²) in [4.78, 5) is 25.9. The van der Waals surface area contributed by atoms with Gasteiger partial charge in [-0.25, -0.2) is 0 Å². The summed E-state index contributed by atoms with van der Waals surface area (Å²) < 4.78 is 11.8. The molecule has 4 aliphatic carbocycles. The third-order valence-electron chi connectivity index (χ3n) is 7.52. The lowest BCUT2D eigenvalue weighted by Gasteiger charge is -2.54. The molecule has 1 aliphatic heterocycles. The van der Waals surface area contributed by atoms with Crippen molar-refractivity contribution < 1.29 is 24.2 Å². The third-order valence-corrected chi connectivity index (χ3v) is 7.52. The number of carbonyl (C=O) groups excluding carboxylic acids is 2. The predicted molar refractivity (Wildman–Crippen MR) is 88.4 cm³/mol. The molecule has 0 amide bonds. The molecule has 2 fully saturated rings. The van der Waals surface area contributed by atoms with Crippen LogP contribution in [0, 0.1) is 29.1 Å². The minimum absolute atomic E-state index is 0.0675. The van der Waals surface area contributed by atoms with Crippen molar-refractivity contribution in [2.75, 3.05) is 13.7 Å². The lowest BCUT2D eigenvalue weighted by Crippen LogP contribution is -2.60. The van der Waals surface area contributed by atoms with Gasteiger partial charge in [0.25, 0.3) is 0 Å². The van der Waals surface area contributed by atoms with Crippen LogP contribution >= 0.6 is 0 Å². The lowest BCUT2D eigenvalue weighted by molar-refractivity contribution is -0.226. The number of aliphatic hydroxyl groups excluding tert-OH is 1. The van der Waals surface area contributed by atoms with Crippen molar-refractivity contribution in [2.24, 2.45) is 29.1 Å². The molecule has 0 aromatic heterocycles. The van der Waals surface area contributed by atoms with E-state index in [1.54, 1.807) is 7.11 Å². The fraction of sp³-hybridized carbons (Fsp3) is 0.700. The highest BCUT2D eigenvalue weighted by molar-refractivity contribution is 6.05. The van der Waals surface area contributed by atoms with Crippen LogP contribution in [-0.2, 0) is 19.1 Å². The van der Waals surface area contributed by atoms with E-state index < -0.39 is 17.8 Å². The van der Waals surface area contributed by atoms with E-state index in [9.17, 15) is 14.7 Å². The first kappa shape index (κ1) is 15.9. The molecular weight excluding hydrogens is 320 g/mol. The van der Waals surface area contributed by atoms with E-state index in [2.05, 4.69) is 19.1 Å². The quantitative estimate of drug-likeness (QED) is 0.734. The van der Waals surface area contributed by atoms with Crippen LogP contribution in [0.1, 0.15) is 32.6 Å². The number of ether oxygens (including phenoxy) is 2. The van der Waals surface area contributed by atoms with Crippen LogP contribution in [0.5, 0.6) is 0 Å². The zero-order valence-corrected chi connectivity index (χ0v) is 14.7. The highest BCUT2D eigenvalue weighted by atomic mass is 16.7. The number of hydrogen-bond acceptors (Lipinski definition) is 5. The number of fused-ring (bicyclic) bond motifs is 3. The Balaban J connectivity index is 1.75. The second kappa shape index (κ2) is 4.90. The molecule has 5 aliphatic rings. The smallest absolute Gasteiger partial charge is 0.237 e. The Kier molecular flexibility index (Phi) is 3.12.